The van der Waals surface area contributed by atoms with Crippen LogP contribution in [-0.2, 0) is 14.3 Å². The third kappa shape index (κ3) is 12.4. The molecule has 0 aromatic carbocycles. The number of nitrogens with zero attached hydrogens (tertiary/aromatic N) is 1. The molecule has 0 amide bonds. The van der Waals surface area contributed by atoms with Crippen molar-refractivity contribution in [2.75, 3.05) is 25.6 Å². The van der Waals surface area contributed by atoms with Crippen molar-refractivity contribution in [3.8, 4) is 0 Å². The van der Waals surface area contributed by atoms with Crippen molar-refractivity contribution in [2.24, 2.45) is 16.8 Å². The number of unbranched alkanes of at least 4 members (excludes halogenated alkanes) is 2. The Morgan fingerprint density at radius 3 is 2.47 bits per heavy atom. The van der Waals surface area contributed by atoms with E-state index in [-0.39, 0.29) is 12.0 Å². The van der Waals surface area contributed by atoms with Crippen molar-refractivity contribution in [3.63, 3.8) is 0 Å². The largest absolute Gasteiger partial charge is 0.465 e. The Hall–Kier alpha value is -1.33. The first kappa shape index (κ1) is 28.9. The molecule has 3 atom stereocenters. The van der Waals surface area contributed by atoms with E-state index in [1.165, 1.54) is 21.8 Å². The van der Waals surface area contributed by atoms with E-state index >= 15 is 0 Å². The van der Waals surface area contributed by atoms with Gasteiger partial charge in [0.25, 0.3) is 0 Å². The Morgan fingerprint density at radius 1 is 1.00 bits per heavy atom. The second kappa shape index (κ2) is 16.4. The minimum Gasteiger partial charge on any atom is -0.465 e. The SMILES string of the molecule is CCCCCC(=O)OC[C@H]1C[C@H]1C1=N[C@H](COC/C=C(\C)CC/C=C(\C)CCC=C(C)C)CS1. The lowest BCUT2D eigenvalue weighted by Gasteiger charge is -2.06. The van der Waals surface area contributed by atoms with Crippen LogP contribution in [0.2, 0.25) is 0 Å². The molecule has 1 saturated carbocycles. The lowest BCUT2D eigenvalue weighted by atomic mass is 10.1. The van der Waals surface area contributed by atoms with E-state index in [0.717, 1.165) is 57.1 Å². The molecule has 192 valence electrons. The molecule has 0 unspecified atom stereocenters. The highest BCUT2D eigenvalue weighted by Crippen LogP contribution is 2.45. The monoisotopic (exact) mass is 489 g/mol. The molecule has 2 aliphatic rings. The van der Waals surface area contributed by atoms with Crippen LogP contribution in [0.3, 0.4) is 0 Å². The van der Waals surface area contributed by atoms with Gasteiger partial charge in [-0.25, -0.2) is 0 Å². The molecule has 0 N–H and O–H groups in total. The Labute approximate surface area is 212 Å². The smallest absolute Gasteiger partial charge is 0.305 e. The number of hydrogen-bond donors (Lipinski definition) is 0. The first-order valence-corrected chi connectivity index (χ1v) is 14.3. The van der Waals surface area contributed by atoms with Crippen LogP contribution in [0.1, 0.15) is 92.4 Å². The average Bonchev–Trinajstić information content (AvgIpc) is 3.42. The van der Waals surface area contributed by atoms with E-state index in [2.05, 4.69) is 52.8 Å². The fourth-order valence-corrected chi connectivity index (χ4v) is 5.25. The zero-order chi connectivity index (χ0) is 24.8. The van der Waals surface area contributed by atoms with Crippen LogP contribution in [0.4, 0.5) is 0 Å². The van der Waals surface area contributed by atoms with Gasteiger partial charge in [-0.1, -0.05) is 54.7 Å². The fraction of sp³-hybridized carbons (Fsp3) is 0.724. The summed E-state index contributed by atoms with van der Waals surface area (Å²) < 4.78 is 11.4. The molecule has 1 fully saturated rings. The average molecular weight is 490 g/mol. The van der Waals surface area contributed by atoms with Crippen molar-refractivity contribution in [1.82, 2.24) is 0 Å². The molecular weight excluding hydrogens is 442 g/mol. The Balaban J connectivity index is 1.55. The predicted octanol–water partition coefficient (Wildman–Crippen LogP) is 7.70. The second-order valence-electron chi connectivity index (χ2n) is 10.2. The summed E-state index contributed by atoms with van der Waals surface area (Å²) in [4.78, 5) is 16.7. The summed E-state index contributed by atoms with van der Waals surface area (Å²) >= 11 is 1.87. The van der Waals surface area contributed by atoms with Gasteiger partial charge in [0.2, 0.25) is 0 Å². The third-order valence-corrected chi connectivity index (χ3v) is 7.65. The van der Waals surface area contributed by atoms with Crippen LogP contribution in [0.5, 0.6) is 0 Å². The number of allylic oxidation sites excluding steroid dienone is 5. The highest BCUT2D eigenvalue weighted by Gasteiger charge is 2.43. The van der Waals surface area contributed by atoms with Crippen LogP contribution < -0.4 is 0 Å². The standard InChI is InChI=1S/C29H47NO3S/c1-6-7-8-15-28(31)33-19-25-18-27(25)29-30-26(21-34-29)20-32-17-16-24(5)14-10-13-23(4)12-9-11-22(2)3/h11,13,16,25-27H,6-10,12,14-15,17-21H2,1-5H3/b23-13+,24-16+/t25-,26-,27-/m1/s1. The number of esters is 1. The quantitative estimate of drug-likeness (QED) is 0.119. The van der Waals surface area contributed by atoms with Crippen LogP contribution in [0.15, 0.2) is 39.9 Å². The number of aliphatic imine (C=N–C) groups is 1. The first-order chi connectivity index (χ1) is 16.4. The molecule has 2 rings (SSSR count). The highest BCUT2D eigenvalue weighted by atomic mass is 32.2. The second-order valence-corrected chi connectivity index (χ2v) is 11.2. The fourth-order valence-electron chi connectivity index (χ4n) is 3.99. The number of rotatable bonds is 17. The molecule has 0 radical (unpaired) electrons. The van der Waals surface area contributed by atoms with Gasteiger partial charge >= 0.3 is 5.97 Å². The number of hydrogen-bond acceptors (Lipinski definition) is 5. The van der Waals surface area contributed by atoms with E-state index < -0.39 is 0 Å². The van der Waals surface area contributed by atoms with Crippen LogP contribution in [0, 0.1) is 11.8 Å². The van der Waals surface area contributed by atoms with Gasteiger partial charge in [0.15, 0.2) is 0 Å². The number of carbonyl (C=O) groups is 1. The minimum atomic E-state index is -0.0413. The summed E-state index contributed by atoms with van der Waals surface area (Å²) in [6.07, 6.45) is 16.2. The van der Waals surface area contributed by atoms with Gasteiger partial charge in [0.1, 0.15) is 0 Å². The molecule has 0 spiro atoms. The van der Waals surface area contributed by atoms with Gasteiger partial charge in [-0.2, -0.15) is 0 Å². The summed E-state index contributed by atoms with van der Waals surface area (Å²) in [7, 11) is 0. The highest BCUT2D eigenvalue weighted by molar-refractivity contribution is 8.14. The summed E-state index contributed by atoms with van der Waals surface area (Å²) in [6.45, 7) is 12.8. The first-order valence-electron chi connectivity index (χ1n) is 13.3. The molecule has 0 saturated heterocycles. The van der Waals surface area contributed by atoms with Crippen LogP contribution in [0.25, 0.3) is 0 Å². The number of thioether (sulfide) groups is 1. The van der Waals surface area contributed by atoms with Gasteiger partial charge in [-0.15, -0.1) is 11.8 Å². The molecular formula is C29H47NO3S. The maximum Gasteiger partial charge on any atom is 0.305 e. The van der Waals surface area contributed by atoms with E-state index in [0.29, 0.717) is 38.1 Å². The molecule has 1 heterocycles. The van der Waals surface area contributed by atoms with Crippen molar-refractivity contribution < 1.29 is 14.3 Å². The lowest BCUT2D eigenvalue weighted by molar-refractivity contribution is -0.144. The number of carbonyl (C=O) groups excluding carboxylic acids is 1. The Kier molecular flexibility index (Phi) is 13.9. The zero-order valence-electron chi connectivity index (χ0n) is 22.2. The summed E-state index contributed by atoms with van der Waals surface area (Å²) in [6, 6.07) is 0.262. The maximum absolute atomic E-state index is 11.8. The van der Waals surface area contributed by atoms with Crippen molar-refractivity contribution in [1.29, 1.82) is 0 Å². The van der Waals surface area contributed by atoms with E-state index in [1.807, 2.05) is 11.8 Å². The van der Waals surface area contributed by atoms with Crippen molar-refractivity contribution >= 4 is 22.8 Å². The summed E-state index contributed by atoms with van der Waals surface area (Å²) in [5.41, 5.74) is 4.28. The Bertz CT molecular complexity index is 748. The molecule has 34 heavy (non-hydrogen) atoms. The van der Waals surface area contributed by atoms with Gasteiger partial charge in [-0.05, 0) is 66.2 Å². The zero-order valence-corrected chi connectivity index (χ0v) is 23.1. The summed E-state index contributed by atoms with van der Waals surface area (Å²) in [5.74, 6) is 1.94. The van der Waals surface area contributed by atoms with E-state index in [4.69, 9.17) is 14.5 Å². The molecule has 1 aliphatic carbocycles. The third-order valence-electron chi connectivity index (χ3n) is 6.40. The van der Waals surface area contributed by atoms with Gasteiger partial charge in [0.05, 0.1) is 30.9 Å². The topological polar surface area (TPSA) is 47.9 Å². The lowest BCUT2D eigenvalue weighted by Crippen LogP contribution is -2.13. The van der Waals surface area contributed by atoms with E-state index in [9.17, 15) is 4.79 Å². The molecule has 0 aromatic heterocycles. The Morgan fingerprint density at radius 2 is 1.74 bits per heavy atom. The van der Waals surface area contributed by atoms with E-state index in [1.54, 1.807) is 0 Å². The van der Waals surface area contributed by atoms with Gasteiger partial charge < -0.3 is 9.47 Å². The maximum atomic E-state index is 11.8. The molecule has 0 aromatic rings. The molecule has 4 nitrogen and oxygen atoms in total. The molecule has 5 heteroatoms. The van der Waals surface area contributed by atoms with Crippen LogP contribution in [-0.4, -0.2) is 42.6 Å². The predicted molar refractivity (Wildman–Crippen MR) is 147 cm³/mol. The molecule has 1 aliphatic heterocycles. The van der Waals surface area contributed by atoms with Gasteiger partial charge in [0, 0.05) is 24.0 Å². The summed E-state index contributed by atoms with van der Waals surface area (Å²) in [5, 5.41) is 1.25. The van der Waals surface area contributed by atoms with Crippen molar-refractivity contribution in [2.45, 2.75) is 98.4 Å². The van der Waals surface area contributed by atoms with Gasteiger partial charge in [-0.3, -0.25) is 9.79 Å². The van der Waals surface area contributed by atoms with Crippen molar-refractivity contribution in [3.05, 3.63) is 34.9 Å². The number of ether oxygens (including phenoxy) is 2. The molecule has 0 bridgehead atoms. The van der Waals surface area contributed by atoms with Crippen LogP contribution >= 0.6 is 11.8 Å². The minimum absolute atomic E-state index is 0.0413. The normalized spacial score (nSPS) is 22.5.